The number of nitrogens with zero attached hydrogens (tertiary/aromatic N) is 1. The van der Waals surface area contributed by atoms with Gasteiger partial charge in [-0.25, -0.2) is 4.39 Å². The van der Waals surface area contributed by atoms with Crippen LogP contribution in [0, 0.1) is 0 Å². The molecule has 1 unspecified atom stereocenters. The second-order valence-corrected chi connectivity index (χ2v) is 3.04. The third-order valence-corrected chi connectivity index (χ3v) is 2.19. The Kier molecular flexibility index (Phi) is 3.22. The number of likely N-dealkylation sites (tertiary alicyclic amines) is 1. The van der Waals surface area contributed by atoms with Crippen molar-refractivity contribution in [1.82, 2.24) is 10.2 Å². The van der Waals surface area contributed by atoms with E-state index in [4.69, 9.17) is 0 Å². The molecule has 0 aromatic carbocycles. The first-order valence-corrected chi connectivity index (χ1v) is 4.26. The van der Waals surface area contributed by atoms with Crippen molar-refractivity contribution >= 4 is 11.8 Å². The molecule has 74 valence electrons. The molecule has 0 saturated carbocycles. The number of carbonyl (C=O) groups excluding carboxylic acids is 2. The van der Waals surface area contributed by atoms with Gasteiger partial charge in [-0.2, -0.15) is 0 Å². The summed E-state index contributed by atoms with van der Waals surface area (Å²) in [6, 6.07) is -0.404. The number of likely N-dealkylation sites (N-methyl/N-ethyl adjacent to an activating group) is 1. The first kappa shape index (κ1) is 9.95. The molecule has 1 aliphatic heterocycles. The first-order chi connectivity index (χ1) is 6.16. The van der Waals surface area contributed by atoms with Crippen LogP contribution in [0.15, 0.2) is 0 Å². The average molecular weight is 188 g/mol. The van der Waals surface area contributed by atoms with Crippen LogP contribution < -0.4 is 5.32 Å². The Morgan fingerprint density at radius 1 is 1.77 bits per heavy atom. The molecule has 1 heterocycles. The fourth-order valence-electron chi connectivity index (χ4n) is 1.40. The van der Waals surface area contributed by atoms with Crippen LogP contribution in [0.5, 0.6) is 0 Å². The van der Waals surface area contributed by atoms with Gasteiger partial charge in [0.15, 0.2) is 0 Å². The van der Waals surface area contributed by atoms with Crippen LogP contribution in [-0.4, -0.2) is 43.0 Å². The van der Waals surface area contributed by atoms with Crippen molar-refractivity contribution in [3.05, 3.63) is 0 Å². The molecule has 13 heavy (non-hydrogen) atoms. The fourth-order valence-corrected chi connectivity index (χ4v) is 1.40. The maximum Gasteiger partial charge on any atom is 0.242 e. The van der Waals surface area contributed by atoms with E-state index in [1.807, 2.05) is 0 Å². The quantitative estimate of drug-likeness (QED) is 0.660. The van der Waals surface area contributed by atoms with E-state index < -0.39 is 12.7 Å². The van der Waals surface area contributed by atoms with Crippen molar-refractivity contribution in [1.29, 1.82) is 0 Å². The Hall–Kier alpha value is -1.13. The molecule has 5 heteroatoms. The molecule has 1 saturated heterocycles. The highest BCUT2D eigenvalue weighted by atomic mass is 19.1. The van der Waals surface area contributed by atoms with Gasteiger partial charge in [-0.1, -0.05) is 0 Å². The van der Waals surface area contributed by atoms with Crippen LogP contribution in [0.25, 0.3) is 0 Å². The minimum Gasteiger partial charge on any atom is -0.352 e. The minimum atomic E-state index is -0.573. The van der Waals surface area contributed by atoms with Gasteiger partial charge < -0.3 is 10.2 Å². The van der Waals surface area contributed by atoms with E-state index in [0.717, 1.165) is 0 Å². The van der Waals surface area contributed by atoms with Crippen molar-refractivity contribution in [3.8, 4) is 0 Å². The zero-order valence-corrected chi connectivity index (χ0v) is 7.55. The van der Waals surface area contributed by atoms with E-state index in [9.17, 15) is 14.0 Å². The summed E-state index contributed by atoms with van der Waals surface area (Å²) in [6.45, 7) is -0.548. The smallest absolute Gasteiger partial charge is 0.242 e. The van der Waals surface area contributed by atoms with E-state index >= 15 is 0 Å². The Balaban J connectivity index is 2.43. The van der Waals surface area contributed by atoms with Gasteiger partial charge in [-0.3, -0.25) is 9.59 Å². The SMILES string of the molecule is CN1C(=O)CCC1C(=O)NCCF. The number of hydrogen-bond donors (Lipinski definition) is 1. The average Bonchev–Trinajstić information content (AvgIpc) is 2.44. The monoisotopic (exact) mass is 188 g/mol. The van der Waals surface area contributed by atoms with Crippen LogP contribution in [0.2, 0.25) is 0 Å². The molecular weight excluding hydrogens is 175 g/mol. The molecule has 2 amide bonds. The molecule has 4 nitrogen and oxygen atoms in total. The van der Waals surface area contributed by atoms with E-state index in [-0.39, 0.29) is 18.4 Å². The lowest BCUT2D eigenvalue weighted by Crippen LogP contribution is -2.43. The summed E-state index contributed by atoms with van der Waals surface area (Å²) in [5.74, 6) is -0.286. The number of nitrogens with one attached hydrogen (secondary N) is 1. The van der Waals surface area contributed by atoms with Gasteiger partial charge in [-0.15, -0.1) is 0 Å². The van der Waals surface area contributed by atoms with Gasteiger partial charge in [0.05, 0.1) is 0 Å². The topological polar surface area (TPSA) is 49.4 Å². The number of halogens is 1. The van der Waals surface area contributed by atoms with Crippen molar-refractivity contribution < 1.29 is 14.0 Å². The molecule has 1 atom stereocenters. The Morgan fingerprint density at radius 2 is 2.46 bits per heavy atom. The predicted molar refractivity (Wildman–Crippen MR) is 44.8 cm³/mol. The van der Waals surface area contributed by atoms with Crippen LogP contribution in [0.3, 0.4) is 0 Å². The lowest BCUT2D eigenvalue weighted by molar-refractivity contribution is -0.133. The Labute approximate surface area is 76.1 Å². The first-order valence-electron chi connectivity index (χ1n) is 4.26. The summed E-state index contributed by atoms with van der Waals surface area (Å²) < 4.78 is 11.7. The second-order valence-electron chi connectivity index (χ2n) is 3.04. The molecule has 0 aliphatic carbocycles. The molecule has 0 aromatic heterocycles. The second kappa shape index (κ2) is 4.20. The standard InChI is InChI=1S/C8H13FN2O2/c1-11-6(2-3-7(11)12)8(13)10-5-4-9/h6H,2-5H2,1H3,(H,10,13). The van der Waals surface area contributed by atoms with Gasteiger partial charge in [0, 0.05) is 20.0 Å². The Bertz CT molecular complexity index is 220. The van der Waals surface area contributed by atoms with Crippen LogP contribution in [-0.2, 0) is 9.59 Å². The number of amides is 2. The minimum absolute atomic E-state index is 0.0252. The summed E-state index contributed by atoms with van der Waals surface area (Å²) in [5, 5.41) is 2.42. The zero-order valence-electron chi connectivity index (χ0n) is 7.55. The number of carbonyl (C=O) groups is 2. The molecule has 1 N–H and O–H groups in total. The largest absolute Gasteiger partial charge is 0.352 e. The summed E-state index contributed by atoms with van der Waals surface area (Å²) >= 11 is 0. The van der Waals surface area contributed by atoms with Crippen LogP contribution >= 0.6 is 0 Å². The molecule has 1 aliphatic rings. The Morgan fingerprint density at radius 3 is 2.92 bits per heavy atom. The van der Waals surface area contributed by atoms with Crippen LogP contribution in [0.1, 0.15) is 12.8 Å². The fraction of sp³-hybridized carbons (Fsp3) is 0.750. The third kappa shape index (κ3) is 2.17. The van der Waals surface area contributed by atoms with Crippen LogP contribution in [0.4, 0.5) is 4.39 Å². The third-order valence-electron chi connectivity index (χ3n) is 2.19. The summed E-state index contributed by atoms with van der Waals surface area (Å²) in [5.41, 5.74) is 0. The number of alkyl halides is 1. The zero-order chi connectivity index (χ0) is 9.84. The van der Waals surface area contributed by atoms with E-state index in [2.05, 4.69) is 5.32 Å². The van der Waals surface area contributed by atoms with Gasteiger partial charge >= 0.3 is 0 Å². The lowest BCUT2D eigenvalue weighted by atomic mass is 10.2. The van der Waals surface area contributed by atoms with E-state index in [1.165, 1.54) is 4.90 Å². The maximum absolute atomic E-state index is 11.7. The van der Waals surface area contributed by atoms with Crippen molar-refractivity contribution in [2.45, 2.75) is 18.9 Å². The summed E-state index contributed by atoms with van der Waals surface area (Å²) in [6.07, 6.45) is 0.942. The normalized spacial score (nSPS) is 22.2. The van der Waals surface area contributed by atoms with Crippen molar-refractivity contribution in [2.75, 3.05) is 20.3 Å². The molecule has 0 aromatic rings. The van der Waals surface area contributed by atoms with E-state index in [1.54, 1.807) is 7.05 Å². The summed E-state index contributed by atoms with van der Waals surface area (Å²) in [4.78, 5) is 23.7. The molecule has 1 rings (SSSR count). The van der Waals surface area contributed by atoms with Gasteiger partial charge in [0.2, 0.25) is 11.8 Å². The molecular formula is C8H13FN2O2. The lowest BCUT2D eigenvalue weighted by Gasteiger charge is -2.18. The molecule has 0 bridgehead atoms. The van der Waals surface area contributed by atoms with Gasteiger partial charge in [-0.05, 0) is 6.42 Å². The molecule has 0 spiro atoms. The van der Waals surface area contributed by atoms with E-state index in [0.29, 0.717) is 12.8 Å². The highest BCUT2D eigenvalue weighted by Crippen LogP contribution is 2.15. The predicted octanol–water partition coefficient (Wildman–Crippen LogP) is -0.307. The highest BCUT2D eigenvalue weighted by Gasteiger charge is 2.32. The van der Waals surface area contributed by atoms with Crippen molar-refractivity contribution in [2.24, 2.45) is 0 Å². The van der Waals surface area contributed by atoms with Crippen molar-refractivity contribution in [3.63, 3.8) is 0 Å². The van der Waals surface area contributed by atoms with Gasteiger partial charge in [0.1, 0.15) is 12.7 Å². The number of hydrogen-bond acceptors (Lipinski definition) is 2. The molecule has 0 radical (unpaired) electrons. The van der Waals surface area contributed by atoms with Gasteiger partial charge in [0.25, 0.3) is 0 Å². The number of rotatable bonds is 3. The molecule has 1 fully saturated rings. The summed E-state index contributed by atoms with van der Waals surface area (Å²) in [7, 11) is 1.59. The maximum atomic E-state index is 11.7. The highest BCUT2D eigenvalue weighted by molar-refractivity contribution is 5.90.